The van der Waals surface area contributed by atoms with Crippen LogP contribution in [0.15, 0.2) is 23.3 Å². The zero-order chi connectivity index (χ0) is 32.9. The third-order valence-electron chi connectivity index (χ3n) is 14.3. The average Bonchev–Trinajstić information content (AvgIpc) is 3.36. The fourth-order valence-corrected chi connectivity index (χ4v) is 11.7. The van der Waals surface area contributed by atoms with Gasteiger partial charge in [0.2, 0.25) is 0 Å². The molecule has 15 atom stereocenters. The van der Waals surface area contributed by atoms with Crippen molar-refractivity contribution in [2.24, 2.45) is 22.7 Å². The SMILES string of the molecule is CO[C@@H]1C[C@H](O[C@@H]2[C@@H](C)O[C@H](O[C@H]3CC[C@@]4(C)[C@H](CC[C@@]56O[C@@]57CC=C(C5=CC(=O)OC5)[C@@]7(C)CC[C@@H]46)C3)C[C@H]2OC)O[C@H](C)[C@H]1O. The Morgan fingerprint density at radius 3 is 2.38 bits per heavy atom. The molecule has 0 radical (unpaired) electrons. The van der Waals surface area contributed by atoms with Crippen molar-refractivity contribution in [1.82, 2.24) is 0 Å². The summed E-state index contributed by atoms with van der Waals surface area (Å²) in [7, 11) is 3.32. The number of rotatable bonds is 7. The molecule has 0 aromatic carbocycles. The molecule has 10 heteroatoms. The molecule has 1 N–H and O–H groups in total. The molecule has 6 fully saturated rings. The molecule has 0 aromatic heterocycles. The number of aliphatic hydroxyl groups is 1. The molecule has 4 aliphatic carbocycles. The van der Waals surface area contributed by atoms with Crippen LogP contribution >= 0.6 is 0 Å². The van der Waals surface area contributed by atoms with Gasteiger partial charge in [0.15, 0.2) is 12.6 Å². The Morgan fingerprint density at radius 2 is 1.64 bits per heavy atom. The van der Waals surface area contributed by atoms with Gasteiger partial charge in [0, 0.05) is 44.1 Å². The molecule has 8 rings (SSSR count). The maximum Gasteiger partial charge on any atom is 0.331 e. The molecule has 4 heterocycles. The second-order valence-corrected chi connectivity index (χ2v) is 16.3. The first-order valence-electron chi connectivity index (χ1n) is 18.1. The van der Waals surface area contributed by atoms with Crippen LogP contribution in [0, 0.1) is 22.7 Å². The van der Waals surface area contributed by atoms with Crippen molar-refractivity contribution in [2.45, 2.75) is 158 Å². The van der Waals surface area contributed by atoms with Crippen LogP contribution in [0.25, 0.3) is 0 Å². The molecule has 47 heavy (non-hydrogen) atoms. The number of aliphatic hydroxyl groups excluding tert-OH is 1. The van der Waals surface area contributed by atoms with Crippen LogP contribution < -0.4 is 0 Å². The van der Waals surface area contributed by atoms with E-state index in [1.165, 1.54) is 5.57 Å². The van der Waals surface area contributed by atoms with Crippen LogP contribution in [0.4, 0.5) is 0 Å². The van der Waals surface area contributed by atoms with E-state index in [9.17, 15) is 9.90 Å². The molecule has 0 amide bonds. The summed E-state index contributed by atoms with van der Waals surface area (Å²) in [6.07, 6.45) is 10.8. The van der Waals surface area contributed by atoms with Crippen LogP contribution in [0.3, 0.4) is 0 Å². The topological polar surface area (TPSA) is 114 Å². The van der Waals surface area contributed by atoms with Crippen LogP contribution in [-0.4, -0.2) is 98.4 Å². The standard InChI is InChI=1S/C37H54O10/c1-20-32(39)26(40-5)17-31(43-20)46-33-21(2)44-30(18-27(33)41-6)45-24-8-11-34(3)23(16-24)7-13-36-28(34)10-12-35(4)25(9-14-37(35,36)47-36)22-15-29(38)42-19-22/h9,15,20-21,23-24,26-28,30-33,39H,7-8,10-14,16-19H2,1-6H3/t20-,21-,23-,24+,26-,27-,28+,30-,31+,32-,33-,34+,35-,36+,37-/m1/s1. The van der Waals surface area contributed by atoms with E-state index in [4.69, 9.17) is 37.9 Å². The monoisotopic (exact) mass is 658 g/mol. The van der Waals surface area contributed by atoms with Gasteiger partial charge < -0.3 is 43.0 Å². The fourth-order valence-electron chi connectivity index (χ4n) is 11.7. The Bertz CT molecular complexity index is 1320. The third-order valence-corrected chi connectivity index (χ3v) is 14.3. The average molecular weight is 659 g/mol. The Labute approximate surface area is 278 Å². The molecule has 262 valence electrons. The minimum atomic E-state index is -0.685. The molecular formula is C37H54O10. The maximum absolute atomic E-state index is 11.9. The van der Waals surface area contributed by atoms with Gasteiger partial charge in [0.05, 0.1) is 30.5 Å². The summed E-state index contributed by atoms with van der Waals surface area (Å²) < 4.78 is 49.4. The number of hydrogen-bond donors (Lipinski definition) is 1. The molecule has 4 aliphatic heterocycles. The highest BCUT2D eigenvalue weighted by Gasteiger charge is 2.85. The van der Waals surface area contributed by atoms with Crippen molar-refractivity contribution in [3.05, 3.63) is 23.3 Å². The Hall–Kier alpha value is -1.37. The molecule has 0 bridgehead atoms. The summed E-state index contributed by atoms with van der Waals surface area (Å²) in [4.78, 5) is 11.9. The molecule has 8 aliphatic rings. The van der Waals surface area contributed by atoms with E-state index in [1.807, 2.05) is 13.8 Å². The second-order valence-electron chi connectivity index (χ2n) is 16.3. The summed E-state index contributed by atoms with van der Waals surface area (Å²) in [6.45, 7) is 9.17. The van der Waals surface area contributed by atoms with Gasteiger partial charge in [0.1, 0.15) is 30.0 Å². The Kier molecular flexibility index (Phi) is 8.09. The first kappa shape index (κ1) is 32.8. The summed E-state index contributed by atoms with van der Waals surface area (Å²) in [6, 6.07) is 0. The third kappa shape index (κ3) is 4.83. The number of hydrogen-bond acceptors (Lipinski definition) is 10. The van der Waals surface area contributed by atoms with Crippen molar-refractivity contribution in [3.8, 4) is 0 Å². The zero-order valence-electron chi connectivity index (χ0n) is 28.9. The van der Waals surface area contributed by atoms with Crippen LogP contribution in [-0.2, 0) is 42.7 Å². The van der Waals surface area contributed by atoms with Gasteiger partial charge >= 0.3 is 5.97 Å². The van der Waals surface area contributed by atoms with E-state index in [1.54, 1.807) is 20.3 Å². The number of cyclic esters (lactones) is 1. The Morgan fingerprint density at radius 1 is 0.894 bits per heavy atom. The molecule has 0 unspecified atom stereocenters. The number of carbonyl (C=O) groups is 1. The number of ether oxygens (including phenoxy) is 8. The smallest absolute Gasteiger partial charge is 0.331 e. The van der Waals surface area contributed by atoms with Crippen molar-refractivity contribution < 1.29 is 47.8 Å². The van der Waals surface area contributed by atoms with E-state index >= 15 is 0 Å². The van der Waals surface area contributed by atoms with Crippen LogP contribution in [0.2, 0.25) is 0 Å². The van der Waals surface area contributed by atoms with Gasteiger partial charge in [-0.1, -0.05) is 19.9 Å². The van der Waals surface area contributed by atoms with E-state index in [-0.39, 0.29) is 70.9 Å². The predicted molar refractivity (Wildman–Crippen MR) is 169 cm³/mol. The molecule has 10 nitrogen and oxygen atoms in total. The lowest BCUT2D eigenvalue weighted by Gasteiger charge is -2.58. The van der Waals surface area contributed by atoms with Crippen molar-refractivity contribution in [3.63, 3.8) is 0 Å². The normalized spacial score (nSPS) is 53.6. The number of fused-ring (bicyclic) bond motifs is 2. The first-order valence-corrected chi connectivity index (χ1v) is 18.1. The van der Waals surface area contributed by atoms with Crippen LogP contribution in [0.5, 0.6) is 0 Å². The summed E-state index contributed by atoms with van der Waals surface area (Å²) >= 11 is 0. The van der Waals surface area contributed by atoms with Crippen molar-refractivity contribution >= 4 is 5.97 Å². The zero-order valence-corrected chi connectivity index (χ0v) is 28.9. The molecular weight excluding hydrogens is 604 g/mol. The van der Waals surface area contributed by atoms with E-state index in [0.29, 0.717) is 31.3 Å². The van der Waals surface area contributed by atoms with Gasteiger partial charge in [-0.05, 0) is 88.0 Å². The summed E-state index contributed by atoms with van der Waals surface area (Å²) in [5, 5.41) is 10.4. The first-order chi connectivity index (χ1) is 22.5. The maximum atomic E-state index is 11.9. The number of epoxide rings is 1. The minimum absolute atomic E-state index is 0.0601. The largest absolute Gasteiger partial charge is 0.458 e. The van der Waals surface area contributed by atoms with Gasteiger partial charge in [-0.25, -0.2) is 4.79 Å². The van der Waals surface area contributed by atoms with Gasteiger partial charge in [-0.3, -0.25) is 0 Å². The highest BCUT2D eigenvalue weighted by Crippen LogP contribution is 2.80. The molecule has 3 saturated heterocycles. The lowest BCUT2D eigenvalue weighted by atomic mass is 9.44. The summed E-state index contributed by atoms with van der Waals surface area (Å²) in [5.74, 6) is 0.906. The van der Waals surface area contributed by atoms with Crippen LogP contribution in [0.1, 0.15) is 91.9 Å². The second kappa shape index (κ2) is 11.6. The predicted octanol–water partition coefficient (Wildman–Crippen LogP) is 4.76. The number of esters is 1. The number of carbonyl (C=O) groups excluding carboxylic acids is 1. The lowest BCUT2D eigenvalue weighted by Crippen LogP contribution is -2.59. The molecule has 2 spiro atoms. The number of methoxy groups -OCH3 is 2. The lowest BCUT2D eigenvalue weighted by molar-refractivity contribution is -0.321. The highest BCUT2D eigenvalue weighted by molar-refractivity contribution is 5.87. The van der Waals surface area contributed by atoms with Gasteiger partial charge in [-0.15, -0.1) is 0 Å². The minimum Gasteiger partial charge on any atom is -0.458 e. The quantitative estimate of drug-likeness (QED) is 0.234. The highest BCUT2D eigenvalue weighted by atomic mass is 16.7. The van der Waals surface area contributed by atoms with Crippen molar-refractivity contribution in [2.75, 3.05) is 20.8 Å². The van der Waals surface area contributed by atoms with E-state index in [0.717, 1.165) is 56.9 Å². The molecule has 3 saturated carbocycles. The van der Waals surface area contributed by atoms with Crippen molar-refractivity contribution in [1.29, 1.82) is 0 Å². The fraction of sp³-hybridized carbons (Fsp3) is 0.865. The Balaban J connectivity index is 0.896. The molecule has 0 aromatic rings. The van der Waals surface area contributed by atoms with E-state index < -0.39 is 12.4 Å². The van der Waals surface area contributed by atoms with Gasteiger partial charge in [0.25, 0.3) is 0 Å². The van der Waals surface area contributed by atoms with E-state index in [2.05, 4.69) is 19.9 Å². The summed E-state index contributed by atoms with van der Waals surface area (Å²) in [5.41, 5.74) is 2.31. The van der Waals surface area contributed by atoms with Gasteiger partial charge in [-0.2, -0.15) is 0 Å².